The second-order valence-electron chi connectivity index (χ2n) is 7.61. The summed E-state index contributed by atoms with van der Waals surface area (Å²) in [5, 5.41) is 3.20. The number of nitrogen functional groups attached to an aromatic ring is 1. The quantitative estimate of drug-likeness (QED) is 0.685. The van der Waals surface area contributed by atoms with Crippen molar-refractivity contribution in [3.63, 3.8) is 0 Å². The van der Waals surface area contributed by atoms with Crippen LogP contribution in [-0.4, -0.2) is 13.1 Å². The second-order valence-corrected chi connectivity index (χ2v) is 7.98. The Kier molecular flexibility index (Phi) is 4.83. The summed E-state index contributed by atoms with van der Waals surface area (Å²) in [5.41, 5.74) is 9.81. The number of hydrogen-bond acceptors (Lipinski definition) is 3. The van der Waals surface area contributed by atoms with Gasteiger partial charge >= 0.3 is 0 Å². The molecule has 0 bridgehead atoms. The van der Waals surface area contributed by atoms with Crippen LogP contribution in [0.4, 0.5) is 27.1 Å². The molecule has 25 heavy (non-hydrogen) atoms. The van der Waals surface area contributed by atoms with Gasteiger partial charge in [-0.2, -0.15) is 0 Å². The molecule has 1 aliphatic rings. The van der Waals surface area contributed by atoms with Crippen LogP contribution in [0, 0.1) is 18.2 Å². The van der Waals surface area contributed by atoms with E-state index in [1.165, 1.54) is 18.5 Å². The maximum atomic E-state index is 13.8. The molecule has 2 aromatic rings. The third-order valence-corrected chi connectivity index (χ3v) is 5.42. The number of anilines is 4. The van der Waals surface area contributed by atoms with Crippen molar-refractivity contribution in [1.82, 2.24) is 0 Å². The first-order chi connectivity index (χ1) is 11.8. The van der Waals surface area contributed by atoms with E-state index in [0.717, 1.165) is 18.8 Å². The Hall–Kier alpha value is -1.94. The summed E-state index contributed by atoms with van der Waals surface area (Å²) in [6.45, 7) is 8.50. The van der Waals surface area contributed by atoms with Crippen LogP contribution >= 0.6 is 11.6 Å². The highest BCUT2D eigenvalue weighted by Crippen LogP contribution is 2.35. The lowest BCUT2D eigenvalue weighted by Crippen LogP contribution is -2.37. The van der Waals surface area contributed by atoms with Crippen LogP contribution in [0.25, 0.3) is 0 Å². The number of halogens is 2. The van der Waals surface area contributed by atoms with E-state index >= 15 is 0 Å². The maximum Gasteiger partial charge on any atom is 0.146 e. The predicted molar refractivity (Wildman–Crippen MR) is 106 cm³/mol. The van der Waals surface area contributed by atoms with Crippen LogP contribution in [0.2, 0.25) is 5.02 Å². The normalized spacial score (nSPS) is 16.8. The molecule has 3 N–H and O–H groups in total. The van der Waals surface area contributed by atoms with Gasteiger partial charge in [0.2, 0.25) is 0 Å². The van der Waals surface area contributed by atoms with Gasteiger partial charge in [0.05, 0.1) is 11.4 Å². The van der Waals surface area contributed by atoms with E-state index in [1.54, 1.807) is 13.0 Å². The van der Waals surface area contributed by atoms with Crippen LogP contribution in [0.5, 0.6) is 0 Å². The van der Waals surface area contributed by atoms with Crippen molar-refractivity contribution in [3.05, 3.63) is 46.7 Å². The van der Waals surface area contributed by atoms with E-state index in [-0.39, 0.29) is 10.7 Å². The molecule has 1 aliphatic heterocycles. The highest BCUT2D eigenvalue weighted by atomic mass is 35.5. The second kappa shape index (κ2) is 6.75. The lowest BCUT2D eigenvalue weighted by molar-refractivity contribution is 0.280. The molecule has 5 heteroatoms. The SMILES string of the molecule is Cc1cc(Nc2ccc(N3CCC(C)(C)CC3)cc2)c(N)c(Cl)c1F. The van der Waals surface area contributed by atoms with E-state index in [9.17, 15) is 4.39 Å². The monoisotopic (exact) mass is 361 g/mol. The lowest BCUT2D eigenvalue weighted by Gasteiger charge is -2.38. The van der Waals surface area contributed by atoms with E-state index < -0.39 is 5.82 Å². The Balaban J connectivity index is 1.74. The first-order valence-electron chi connectivity index (χ1n) is 8.63. The molecule has 0 aliphatic carbocycles. The van der Waals surface area contributed by atoms with Crippen molar-refractivity contribution in [3.8, 4) is 0 Å². The largest absolute Gasteiger partial charge is 0.396 e. The first kappa shape index (κ1) is 17.9. The molecule has 1 heterocycles. The van der Waals surface area contributed by atoms with Crippen LogP contribution < -0.4 is 16.0 Å². The molecule has 3 nitrogen and oxygen atoms in total. The van der Waals surface area contributed by atoms with Crippen LogP contribution in [0.15, 0.2) is 30.3 Å². The minimum atomic E-state index is -0.465. The van der Waals surface area contributed by atoms with E-state index in [1.807, 2.05) is 12.1 Å². The maximum absolute atomic E-state index is 13.8. The van der Waals surface area contributed by atoms with E-state index in [2.05, 4.69) is 36.2 Å². The number of nitrogens with zero attached hydrogens (tertiary/aromatic N) is 1. The number of nitrogens with one attached hydrogen (secondary N) is 1. The molecule has 134 valence electrons. The Morgan fingerprint density at radius 2 is 1.76 bits per heavy atom. The fourth-order valence-corrected chi connectivity index (χ4v) is 3.40. The van der Waals surface area contributed by atoms with Gasteiger partial charge in [0.15, 0.2) is 0 Å². The minimum absolute atomic E-state index is 0.0324. The predicted octanol–water partition coefficient (Wildman–Crippen LogP) is 5.74. The average molecular weight is 362 g/mol. The van der Waals surface area contributed by atoms with Gasteiger partial charge in [0.25, 0.3) is 0 Å². The molecule has 0 radical (unpaired) electrons. The number of hydrogen-bond donors (Lipinski definition) is 2. The number of benzene rings is 2. The van der Waals surface area contributed by atoms with Gasteiger partial charge in [-0.25, -0.2) is 4.39 Å². The molecular formula is C20H25ClFN3. The average Bonchev–Trinajstić information content (AvgIpc) is 2.58. The Labute approximate surface area is 154 Å². The highest BCUT2D eigenvalue weighted by Gasteiger charge is 2.25. The molecule has 0 aromatic heterocycles. The summed E-state index contributed by atoms with van der Waals surface area (Å²) >= 11 is 5.96. The van der Waals surface area contributed by atoms with Crippen molar-refractivity contribution < 1.29 is 4.39 Å². The Bertz CT molecular complexity index is 762. The van der Waals surface area contributed by atoms with Gasteiger partial charge in [-0.15, -0.1) is 0 Å². The van der Waals surface area contributed by atoms with Crippen LogP contribution in [0.3, 0.4) is 0 Å². The lowest BCUT2D eigenvalue weighted by atomic mass is 9.82. The molecule has 0 amide bonds. The number of nitrogens with two attached hydrogens (primary N) is 1. The first-order valence-corrected chi connectivity index (χ1v) is 9.01. The zero-order valence-electron chi connectivity index (χ0n) is 15.0. The Morgan fingerprint density at radius 3 is 2.36 bits per heavy atom. The summed E-state index contributed by atoms with van der Waals surface area (Å²) in [4.78, 5) is 2.42. The topological polar surface area (TPSA) is 41.3 Å². The summed E-state index contributed by atoms with van der Waals surface area (Å²) in [6.07, 6.45) is 2.41. The summed E-state index contributed by atoms with van der Waals surface area (Å²) in [5.74, 6) is -0.465. The molecule has 0 saturated carbocycles. The van der Waals surface area contributed by atoms with Crippen molar-refractivity contribution in [2.45, 2.75) is 33.6 Å². The molecule has 3 rings (SSSR count). The molecule has 0 atom stereocenters. The van der Waals surface area contributed by atoms with Crippen molar-refractivity contribution in [2.24, 2.45) is 5.41 Å². The molecular weight excluding hydrogens is 337 g/mol. The zero-order chi connectivity index (χ0) is 18.2. The summed E-state index contributed by atoms with van der Waals surface area (Å²) < 4.78 is 13.8. The highest BCUT2D eigenvalue weighted by molar-refractivity contribution is 6.34. The van der Waals surface area contributed by atoms with Crippen LogP contribution in [-0.2, 0) is 0 Å². The van der Waals surface area contributed by atoms with Gasteiger partial charge in [-0.05, 0) is 61.1 Å². The van der Waals surface area contributed by atoms with Gasteiger partial charge < -0.3 is 16.0 Å². The smallest absolute Gasteiger partial charge is 0.146 e. The van der Waals surface area contributed by atoms with Gasteiger partial charge in [-0.3, -0.25) is 0 Å². The zero-order valence-corrected chi connectivity index (χ0v) is 15.8. The van der Waals surface area contributed by atoms with Gasteiger partial charge in [0.1, 0.15) is 10.8 Å². The number of aryl methyl sites for hydroxylation is 1. The summed E-state index contributed by atoms with van der Waals surface area (Å²) in [6, 6.07) is 9.92. The van der Waals surface area contributed by atoms with Crippen LogP contribution in [0.1, 0.15) is 32.3 Å². The minimum Gasteiger partial charge on any atom is -0.396 e. The molecule has 1 fully saturated rings. The van der Waals surface area contributed by atoms with Crippen molar-refractivity contribution in [2.75, 3.05) is 29.0 Å². The standard InChI is InChI=1S/C20H25ClFN3/c1-13-12-16(19(23)17(21)18(13)22)24-14-4-6-15(7-5-14)25-10-8-20(2,3)9-11-25/h4-7,12,24H,8-11,23H2,1-3H3. The molecule has 2 aromatic carbocycles. The molecule has 0 spiro atoms. The molecule has 0 unspecified atom stereocenters. The van der Waals surface area contributed by atoms with Crippen molar-refractivity contribution in [1.29, 1.82) is 0 Å². The summed E-state index contributed by atoms with van der Waals surface area (Å²) in [7, 11) is 0. The third-order valence-electron chi connectivity index (χ3n) is 5.05. The third kappa shape index (κ3) is 3.84. The van der Waals surface area contributed by atoms with E-state index in [0.29, 0.717) is 16.7 Å². The Morgan fingerprint density at radius 1 is 1.16 bits per heavy atom. The van der Waals surface area contributed by atoms with Gasteiger partial charge in [0, 0.05) is 24.5 Å². The fourth-order valence-electron chi connectivity index (χ4n) is 3.15. The number of rotatable bonds is 3. The number of piperidine rings is 1. The van der Waals surface area contributed by atoms with E-state index in [4.69, 9.17) is 17.3 Å². The van der Waals surface area contributed by atoms with Gasteiger partial charge in [-0.1, -0.05) is 25.4 Å². The molecule has 1 saturated heterocycles. The van der Waals surface area contributed by atoms with Crippen molar-refractivity contribution >= 4 is 34.4 Å². The fraction of sp³-hybridized carbons (Fsp3) is 0.400.